The standard InChI is InChI=1S/C11H21NO3/c1-9(10-5-4-8-15-10)12-7-3-2-6-11(13)14/h9-10,12H,2-8H2,1H3,(H,13,14). The smallest absolute Gasteiger partial charge is 0.303 e. The third kappa shape index (κ3) is 5.14. The Morgan fingerprint density at radius 2 is 2.40 bits per heavy atom. The van der Waals surface area contributed by atoms with E-state index in [2.05, 4.69) is 12.2 Å². The van der Waals surface area contributed by atoms with E-state index >= 15 is 0 Å². The van der Waals surface area contributed by atoms with E-state index < -0.39 is 5.97 Å². The normalized spacial score (nSPS) is 22.9. The Kier molecular flexibility index (Phi) is 5.65. The molecule has 0 saturated carbocycles. The van der Waals surface area contributed by atoms with E-state index in [1.54, 1.807) is 0 Å². The second-order valence-corrected chi connectivity index (χ2v) is 4.15. The van der Waals surface area contributed by atoms with Gasteiger partial charge in [-0.25, -0.2) is 0 Å². The van der Waals surface area contributed by atoms with Gasteiger partial charge < -0.3 is 15.2 Å². The zero-order valence-corrected chi connectivity index (χ0v) is 9.37. The topological polar surface area (TPSA) is 58.6 Å². The number of carbonyl (C=O) groups is 1. The van der Waals surface area contributed by atoms with Crippen LogP contribution in [-0.2, 0) is 9.53 Å². The molecule has 2 atom stereocenters. The van der Waals surface area contributed by atoms with Crippen LogP contribution in [0.4, 0.5) is 0 Å². The Morgan fingerprint density at radius 3 is 3.00 bits per heavy atom. The Bertz CT molecular complexity index is 190. The molecule has 0 aromatic heterocycles. The van der Waals surface area contributed by atoms with Crippen molar-refractivity contribution >= 4 is 5.97 Å². The first kappa shape index (κ1) is 12.5. The number of hydrogen-bond acceptors (Lipinski definition) is 3. The van der Waals surface area contributed by atoms with E-state index in [4.69, 9.17) is 9.84 Å². The lowest BCUT2D eigenvalue weighted by molar-refractivity contribution is -0.137. The van der Waals surface area contributed by atoms with E-state index in [9.17, 15) is 4.79 Å². The van der Waals surface area contributed by atoms with Crippen LogP contribution in [0.15, 0.2) is 0 Å². The molecule has 2 N–H and O–H groups in total. The minimum absolute atomic E-state index is 0.274. The molecule has 1 fully saturated rings. The van der Waals surface area contributed by atoms with E-state index in [1.165, 1.54) is 0 Å². The van der Waals surface area contributed by atoms with Crippen LogP contribution in [0.5, 0.6) is 0 Å². The van der Waals surface area contributed by atoms with Gasteiger partial charge in [0.15, 0.2) is 0 Å². The number of nitrogens with one attached hydrogen (secondary N) is 1. The average molecular weight is 215 g/mol. The SMILES string of the molecule is CC(NCCCCC(=O)O)C1CCCO1. The molecule has 1 rings (SSSR count). The Hall–Kier alpha value is -0.610. The second-order valence-electron chi connectivity index (χ2n) is 4.15. The minimum Gasteiger partial charge on any atom is -0.481 e. The first-order valence-electron chi connectivity index (χ1n) is 5.77. The van der Waals surface area contributed by atoms with Crippen molar-refractivity contribution in [1.82, 2.24) is 5.32 Å². The summed E-state index contributed by atoms with van der Waals surface area (Å²) in [7, 11) is 0. The maximum absolute atomic E-state index is 10.3. The van der Waals surface area contributed by atoms with Gasteiger partial charge in [0, 0.05) is 19.1 Å². The second kappa shape index (κ2) is 6.80. The van der Waals surface area contributed by atoms with Gasteiger partial charge in [0.2, 0.25) is 0 Å². The molecule has 0 aromatic rings. The quantitative estimate of drug-likeness (QED) is 0.630. The van der Waals surface area contributed by atoms with Crippen molar-refractivity contribution in [1.29, 1.82) is 0 Å². The summed E-state index contributed by atoms with van der Waals surface area (Å²) in [6.07, 6.45) is 4.60. The van der Waals surface area contributed by atoms with Gasteiger partial charge in [-0.15, -0.1) is 0 Å². The van der Waals surface area contributed by atoms with Crippen LogP contribution in [0.25, 0.3) is 0 Å². The maximum Gasteiger partial charge on any atom is 0.303 e. The van der Waals surface area contributed by atoms with Crippen molar-refractivity contribution in [3.05, 3.63) is 0 Å². The van der Waals surface area contributed by atoms with E-state index in [0.717, 1.165) is 38.8 Å². The predicted molar refractivity (Wildman–Crippen MR) is 57.9 cm³/mol. The molecule has 1 aliphatic rings. The van der Waals surface area contributed by atoms with Crippen LogP contribution in [0.2, 0.25) is 0 Å². The van der Waals surface area contributed by atoms with Crippen molar-refractivity contribution in [2.75, 3.05) is 13.2 Å². The van der Waals surface area contributed by atoms with Gasteiger partial charge in [0.05, 0.1) is 6.10 Å². The molecular formula is C11H21NO3. The fraction of sp³-hybridized carbons (Fsp3) is 0.909. The van der Waals surface area contributed by atoms with E-state index in [1.807, 2.05) is 0 Å². The van der Waals surface area contributed by atoms with Crippen molar-refractivity contribution in [2.45, 2.75) is 51.2 Å². The Labute approximate surface area is 91.0 Å². The largest absolute Gasteiger partial charge is 0.481 e. The monoisotopic (exact) mass is 215 g/mol. The number of carboxylic acid groups (broad SMARTS) is 1. The number of unbranched alkanes of at least 4 members (excludes halogenated alkanes) is 1. The third-order valence-electron chi connectivity index (χ3n) is 2.81. The van der Waals surface area contributed by atoms with Crippen molar-refractivity contribution in [2.24, 2.45) is 0 Å². The molecule has 88 valence electrons. The molecule has 0 bridgehead atoms. The van der Waals surface area contributed by atoms with E-state index in [-0.39, 0.29) is 6.42 Å². The summed E-state index contributed by atoms with van der Waals surface area (Å²) < 4.78 is 5.55. The maximum atomic E-state index is 10.3. The molecule has 0 aliphatic carbocycles. The van der Waals surface area contributed by atoms with Crippen LogP contribution >= 0.6 is 0 Å². The highest BCUT2D eigenvalue weighted by molar-refractivity contribution is 5.66. The molecule has 0 radical (unpaired) electrons. The van der Waals surface area contributed by atoms with Crippen molar-refractivity contribution < 1.29 is 14.6 Å². The van der Waals surface area contributed by atoms with Crippen LogP contribution < -0.4 is 5.32 Å². The summed E-state index contributed by atoms with van der Waals surface area (Å²) in [5, 5.41) is 11.8. The number of carboxylic acids is 1. The molecule has 1 aliphatic heterocycles. The highest BCUT2D eigenvalue weighted by atomic mass is 16.5. The lowest BCUT2D eigenvalue weighted by Crippen LogP contribution is -2.37. The zero-order valence-electron chi connectivity index (χ0n) is 9.37. The minimum atomic E-state index is -0.706. The first-order valence-corrected chi connectivity index (χ1v) is 5.77. The molecule has 0 amide bonds. The van der Waals surface area contributed by atoms with Gasteiger partial charge in [0.1, 0.15) is 0 Å². The predicted octanol–water partition coefficient (Wildman–Crippen LogP) is 1.40. The molecular weight excluding hydrogens is 194 g/mol. The van der Waals surface area contributed by atoms with E-state index in [0.29, 0.717) is 12.1 Å². The molecule has 1 heterocycles. The van der Waals surface area contributed by atoms with Crippen LogP contribution in [0.3, 0.4) is 0 Å². The van der Waals surface area contributed by atoms with Gasteiger partial charge in [-0.1, -0.05) is 0 Å². The fourth-order valence-corrected chi connectivity index (χ4v) is 1.86. The Balaban J connectivity index is 1.96. The molecule has 1 saturated heterocycles. The molecule has 2 unspecified atom stereocenters. The van der Waals surface area contributed by atoms with Gasteiger partial charge in [-0.2, -0.15) is 0 Å². The average Bonchev–Trinajstić information content (AvgIpc) is 2.69. The first-order chi connectivity index (χ1) is 7.20. The summed E-state index contributed by atoms with van der Waals surface area (Å²) >= 11 is 0. The molecule has 4 nitrogen and oxygen atoms in total. The fourth-order valence-electron chi connectivity index (χ4n) is 1.86. The number of aliphatic carboxylic acids is 1. The summed E-state index contributed by atoms with van der Waals surface area (Å²) in [6.45, 7) is 3.90. The number of ether oxygens (including phenoxy) is 1. The van der Waals surface area contributed by atoms with Gasteiger partial charge in [-0.3, -0.25) is 4.79 Å². The zero-order chi connectivity index (χ0) is 11.1. The van der Waals surface area contributed by atoms with Crippen LogP contribution in [0.1, 0.15) is 39.0 Å². The van der Waals surface area contributed by atoms with Gasteiger partial charge in [0.25, 0.3) is 0 Å². The summed E-state index contributed by atoms with van der Waals surface area (Å²) in [5.41, 5.74) is 0. The molecule has 4 heteroatoms. The lowest BCUT2D eigenvalue weighted by Gasteiger charge is -2.19. The lowest BCUT2D eigenvalue weighted by atomic mass is 10.1. The molecule has 0 spiro atoms. The summed E-state index contributed by atoms with van der Waals surface area (Å²) in [6, 6.07) is 0.386. The van der Waals surface area contributed by atoms with Crippen LogP contribution in [0, 0.1) is 0 Å². The third-order valence-corrected chi connectivity index (χ3v) is 2.81. The summed E-state index contributed by atoms with van der Waals surface area (Å²) in [5.74, 6) is -0.706. The summed E-state index contributed by atoms with van der Waals surface area (Å²) in [4.78, 5) is 10.3. The van der Waals surface area contributed by atoms with Gasteiger partial charge in [-0.05, 0) is 39.2 Å². The highest BCUT2D eigenvalue weighted by Gasteiger charge is 2.21. The molecule has 0 aromatic carbocycles. The number of rotatable bonds is 7. The van der Waals surface area contributed by atoms with Crippen molar-refractivity contribution in [3.63, 3.8) is 0 Å². The van der Waals surface area contributed by atoms with Crippen molar-refractivity contribution in [3.8, 4) is 0 Å². The van der Waals surface area contributed by atoms with Crippen LogP contribution in [-0.4, -0.2) is 36.4 Å². The molecule has 15 heavy (non-hydrogen) atoms. The van der Waals surface area contributed by atoms with Gasteiger partial charge >= 0.3 is 5.97 Å². The highest BCUT2D eigenvalue weighted by Crippen LogP contribution is 2.15. The Morgan fingerprint density at radius 1 is 1.60 bits per heavy atom. The number of hydrogen-bond donors (Lipinski definition) is 2.